The van der Waals surface area contributed by atoms with Crippen LogP contribution in [0.15, 0.2) is 22.7 Å². The number of nitrogens with zero attached hydrogens (tertiary/aromatic N) is 1. The first-order chi connectivity index (χ1) is 6.65. The van der Waals surface area contributed by atoms with Gasteiger partial charge >= 0.3 is 0 Å². The van der Waals surface area contributed by atoms with Gasteiger partial charge in [0.15, 0.2) is 0 Å². The molecule has 0 aliphatic heterocycles. The number of rotatable bonds is 4. The molecule has 14 heavy (non-hydrogen) atoms. The second-order valence-corrected chi connectivity index (χ2v) is 4.00. The van der Waals surface area contributed by atoms with Crippen molar-refractivity contribution < 1.29 is 4.92 Å². The summed E-state index contributed by atoms with van der Waals surface area (Å²) in [6.45, 7) is 2.10. The van der Waals surface area contributed by atoms with Crippen LogP contribution >= 0.6 is 15.9 Å². The summed E-state index contributed by atoms with van der Waals surface area (Å²) in [5.74, 6) is 0. The number of benzene rings is 1. The van der Waals surface area contributed by atoms with Crippen LogP contribution in [0.5, 0.6) is 0 Å². The van der Waals surface area contributed by atoms with Crippen molar-refractivity contribution in [2.45, 2.75) is 26.2 Å². The molecule has 1 rings (SSSR count). The zero-order valence-corrected chi connectivity index (χ0v) is 9.58. The second-order valence-electron chi connectivity index (χ2n) is 3.15. The summed E-state index contributed by atoms with van der Waals surface area (Å²) in [4.78, 5) is 10.3. The molecule has 0 aromatic heterocycles. The van der Waals surface area contributed by atoms with Gasteiger partial charge in [-0.2, -0.15) is 0 Å². The van der Waals surface area contributed by atoms with E-state index >= 15 is 0 Å². The Balaban J connectivity index is 2.89. The average Bonchev–Trinajstić information content (AvgIpc) is 2.16. The monoisotopic (exact) mass is 257 g/mol. The van der Waals surface area contributed by atoms with Crippen LogP contribution < -0.4 is 0 Å². The van der Waals surface area contributed by atoms with Crippen LogP contribution in [0.3, 0.4) is 0 Å². The minimum Gasteiger partial charge on any atom is -0.258 e. The van der Waals surface area contributed by atoms with Crippen LogP contribution in [0.4, 0.5) is 5.69 Å². The number of nitro groups is 1. The maximum absolute atomic E-state index is 10.6. The number of nitro benzene ring substituents is 1. The Morgan fingerprint density at radius 1 is 1.50 bits per heavy atom. The second kappa shape index (κ2) is 5.10. The highest BCUT2D eigenvalue weighted by atomic mass is 79.9. The van der Waals surface area contributed by atoms with E-state index < -0.39 is 0 Å². The molecule has 3 nitrogen and oxygen atoms in total. The number of hydrogen-bond acceptors (Lipinski definition) is 2. The molecule has 0 fully saturated rings. The zero-order chi connectivity index (χ0) is 10.6. The molecule has 0 saturated carbocycles. The van der Waals surface area contributed by atoms with Gasteiger partial charge in [-0.05, 0) is 40.4 Å². The van der Waals surface area contributed by atoms with Gasteiger partial charge in [-0.3, -0.25) is 10.1 Å². The molecule has 0 atom stereocenters. The molecule has 4 heteroatoms. The Morgan fingerprint density at radius 3 is 2.79 bits per heavy atom. The number of halogens is 1. The first-order valence-corrected chi connectivity index (χ1v) is 5.37. The minimum atomic E-state index is -0.362. The fourth-order valence-corrected chi connectivity index (χ4v) is 1.63. The summed E-state index contributed by atoms with van der Waals surface area (Å²) in [6.07, 6.45) is 3.08. The highest BCUT2D eigenvalue weighted by Crippen LogP contribution is 2.26. The van der Waals surface area contributed by atoms with E-state index in [2.05, 4.69) is 22.9 Å². The Morgan fingerprint density at radius 2 is 2.21 bits per heavy atom. The Labute approximate surface area is 91.4 Å². The van der Waals surface area contributed by atoms with E-state index in [0.29, 0.717) is 4.47 Å². The normalized spacial score (nSPS) is 10.1. The lowest BCUT2D eigenvalue weighted by Gasteiger charge is -2.00. The van der Waals surface area contributed by atoms with Crippen LogP contribution in [-0.4, -0.2) is 4.92 Å². The molecule has 76 valence electrons. The van der Waals surface area contributed by atoms with Gasteiger partial charge in [0.1, 0.15) is 0 Å². The van der Waals surface area contributed by atoms with Gasteiger partial charge in [-0.1, -0.05) is 19.4 Å². The van der Waals surface area contributed by atoms with Crippen molar-refractivity contribution in [1.82, 2.24) is 0 Å². The van der Waals surface area contributed by atoms with Crippen molar-refractivity contribution in [3.8, 4) is 0 Å². The maximum atomic E-state index is 10.6. The fourth-order valence-electron chi connectivity index (χ4n) is 1.23. The lowest BCUT2D eigenvalue weighted by Crippen LogP contribution is -1.92. The van der Waals surface area contributed by atoms with E-state index in [1.54, 1.807) is 12.1 Å². The third-order valence-corrected chi connectivity index (χ3v) is 2.70. The van der Waals surface area contributed by atoms with Gasteiger partial charge in [0.2, 0.25) is 0 Å². The van der Waals surface area contributed by atoms with Crippen molar-refractivity contribution in [1.29, 1.82) is 0 Å². The molecule has 0 saturated heterocycles. The maximum Gasteiger partial charge on any atom is 0.283 e. The van der Waals surface area contributed by atoms with E-state index in [0.717, 1.165) is 24.8 Å². The average molecular weight is 258 g/mol. The predicted octanol–water partition coefficient (Wildman–Crippen LogP) is 3.70. The molecule has 0 radical (unpaired) electrons. The summed E-state index contributed by atoms with van der Waals surface area (Å²) in [5, 5.41) is 10.6. The van der Waals surface area contributed by atoms with E-state index in [-0.39, 0.29) is 10.6 Å². The van der Waals surface area contributed by atoms with E-state index in [1.165, 1.54) is 0 Å². The summed E-state index contributed by atoms with van der Waals surface area (Å²) >= 11 is 3.16. The molecule has 0 unspecified atom stereocenters. The standard InChI is InChI=1S/C10H12BrNO2/c1-2-3-4-8-5-6-9(11)10(7-8)12(13)14/h5-7H,2-4H2,1H3. The van der Waals surface area contributed by atoms with Gasteiger partial charge in [-0.25, -0.2) is 0 Å². The van der Waals surface area contributed by atoms with E-state index in [1.807, 2.05) is 6.07 Å². The van der Waals surface area contributed by atoms with Crippen molar-refractivity contribution in [2.24, 2.45) is 0 Å². The Hall–Kier alpha value is -0.900. The van der Waals surface area contributed by atoms with Gasteiger partial charge in [0, 0.05) is 6.07 Å². The third kappa shape index (κ3) is 2.80. The number of aryl methyl sites for hydroxylation is 1. The van der Waals surface area contributed by atoms with Crippen LogP contribution in [0.1, 0.15) is 25.3 Å². The number of unbranched alkanes of at least 4 members (excludes halogenated alkanes) is 1. The molecule has 1 aromatic rings. The van der Waals surface area contributed by atoms with Gasteiger partial charge in [0.25, 0.3) is 5.69 Å². The topological polar surface area (TPSA) is 43.1 Å². The summed E-state index contributed by atoms with van der Waals surface area (Å²) < 4.78 is 0.544. The van der Waals surface area contributed by atoms with Crippen molar-refractivity contribution in [3.63, 3.8) is 0 Å². The van der Waals surface area contributed by atoms with Gasteiger partial charge < -0.3 is 0 Å². The summed E-state index contributed by atoms with van der Waals surface area (Å²) in [6, 6.07) is 5.30. The predicted molar refractivity (Wildman–Crippen MR) is 59.4 cm³/mol. The molecule has 1 aromatic carbocycles. The van der Waals surface area contributed by atoms with E-state index in [9.17, 15) is 10.1 Å². The summed E-state index contributed by atoms with van der Waals surface area (Å²) in [5.41, 5.74) is 1.18. The van der Waals surface area contributed by atoms with Crippen molar-refractivity contribution in [2.75, 3.05) is 0 Å². The molecular weight excluding hydrogens is 246 g/mol. The number of hydrogen-bond donors (Lipinski definition) is 0. The Kier molecular flexibility index (Phi) is 4.07. The van der Waals surface area contributed by atoms with Gasteiger partial charge in [0.05, 0.1) is 9.40 Å². The quantitative estimate of drug-likeness (QED) is 0.610. The first kappa shape index (κ1) is 11.2. The Bertz CT molecular complexity index is 339. The largest absolute Gasteiger partial charge is 0.283 e. The molecule has 0 spiro atoms. The molecule has 0 bridgehead atoms. The first-order valence-electron chi connectivity index (χ1n) is 4.58. The molecule has 0 aliphatic carbocycles. The highest BCUT2D eigenvalue weighted by Gasteiger charge is 2.11. The lowest BCUT2D eigenvalue weighted by atomic mass is 10.1. The van der Waals surface area contributed by atoms with E-state index in [4.69, 9.17) is 0 Å². The zero-order valence-electron chi connectivity index (χ0n) is 8.00. The van der Waals surface area contributed by atoms with Gasteiger partial charge in [-0.15, -0.1) is 0 Å². The molecule has 0 aliphatic rings. The van der Waals surface area contributed by atoms with Crippen molar-refractivity contribution in [3.05, 3.63) is 38.3 Å². The highest BCUT2D eigenvalue weighted by molar-refractivity contribution is 9.10. The fraction of sp³-hybridized carbons (Fsp3) is 0.400. The van der Waals surface area contributed by atoms with Crippen molar-refractivity contribution >= 4 is 21.6 Å². The lowest BCUT2D eigenvalue weighted by molar-refractivity contribution is -0.385. The molecule has 0 heterocycles. The molecule has 0 amide bonds. The molecule has 0 N–H and O–H groups in total. The smallest absolute Gasteiger partial charge is 0.258 e. The van der Waals surface area contributed by atoms with Crippen LogP contribution in [0.2, 0.25) is 0 Å². The molecular formula is C10H12BrNO2. The SMILES string of the molecule is CCCCc1ccc(Br)c([N+](=O)[O-])c1. The summed E-state index contributed by atoms with van der Waals surface area (Å²) in [7, 11) is 0. The van der Waals surface area contributed by atoms with Crippen LogP contribution in [-0.2, 0) is 6.42 Å². The van der Waals surface area contributed by atoms with Crippen LogP contribution in [0, 0.1) is 10.1 Å². The minimum absolute atomic E-state index is 0.151. The van der Waals surface area contributed by atoms with Crippen LogP contribution in [0.25, 0.3) is 0 Å². The third-order valence-electron chi connectivity index (χ3n) is 2.03.